The maximum Gasteiger partial charge on any atom is 0.273 e. The molecular weight excluding hydrogens is 260 g/mol. The number of carbonyl (C=O) groups is 2. The van der Waals surface area contributed by atoms with Gasteiger partial charge in [-0.25, -0.2) is 0 Å². The van der Waals surface area contributed by atoms with Crippen molar-refractivity contribution in [2.45, 2.75) is 18.2 Å². The lowest BCUT2D eigenvalue weighted by molar-refractivity contribution is -0.385. The minimum absolute atomic E-state index is 0.199. The quantitative estimate of drug-likeness (QED) is 0.378. The molecule has 18 heavy (non-hydrogen) atoms. The number of amides is 2. The normalized spacial score (nSPS) is 23.0. The summed E-state index contributed by atoms with van der Waals surface area (Å²) in [4.78, 5) is 33.4. The van der Waals surface area contributed by atoms with Crippen LogP contribution in [0.1, 0.15) is 17.0 Å². The van der Waals surface area contributed by atoms with E-state index in [-0.39, 0.29) is 11.3 Å². The van der Waals surface area contributed by atoms with Gasteiger partial charge in [0, 0.05) is 11.6 Å². The van der Waals surface area contributed by atoms with Crippen LogP contribution in [-0.2, 0) is 9.59 Å². The smallest absolute Gasteiger partial charge is 0.273 e. The summed E-state index contributed by atoms with van der Waals surface area (Å²) in [6.45, 7) is 1.64. The molecule has 0 aliphatic carbocycles. The molecule has 0 saturated carbocycles. The lowest BCUT2D eigenvalue weighted by Crippen LogP contribution is -2.22. The molecule has 6 nitrogen and oxygen atoms in total. The summed E-state index contributed by atoms with van der Waals surface area (Å²) < 4.78 is 0. The van der Waals surface area contributed by atoms with Crippen molar-refractivity contribution in [1.29, 1.82) is 0 Å². The Balaban J connectivity index is 2.61. The molecule has 1 aliphatic heterocycles. The van der Waals surface area contributed by atoms with E-state index < -0.39 is 28.0 Å². The number of halogens is 1. The van der Waals surface area contributed by atoms with Crippen LogP contribution in [0.2, 0.25) is 0 Å². The zero-order chi connectivity index (χ0) is 13.4. The van der Waals surface area contributed by atoms with E-state index in [0.717, 1.165) is 0 Å². The van der Waals surface area contributed by atoms with E-state index in [1.54, 1.807) is 13.0 Å². The van der Waals surface area contributed by atoms with Crippen molar-refractivity contribution in [2.24, 2.45) is 0 Å². The SMILES string of the molecule is Cc1cccc([N+](=O)[O-])c1C1C(=O)NC(=O)C1Cl. The van der Waals surface area contributed by atoms with Crippen molar-refractivity contribution in [1.82, 2.24) is 5.32 Å². The van der Waals surface area contributed by atoms with Gasteiger partial charge in [-0.3, -0.25) is 25.0 Å². The molecule has 0 aromatic heterocycles. The van der Waals surface area contributed by atoms with Crippen LogP contribution >= 0.6 is 11.6 Å². The molecule has 2 rings (SSSR count). The lowest BCUT2D eigenvalue weighted by Gasteiger charge is -2.13. The van der Waals surface area contributed by atoms with Crippen molar-refractivity contribution in [2.75, 3.05) is 0 Å². The standard InChI is InChI=1S/C11H9ClN2O4/c1-5-3-2-4-6(14(17)18)7(5)8-9(12)11(16)13-10(8)15/h2-4,8-9H,1H3,(H,13,15,16). The van der Waals surface area contributed by atoms with Crippen LogP contribution in [0.5, 0.6) is 0 Å². The molecule has 1 aromatic carbocycles. The Labute approximate surface area is 107 Å². The molecule has 1 aromatic rings. The molecule has 2 unspecified atom stereocenters. The number of aryl methyl sites for hydroxylation is 1. The first-order valence-corrected chi connectivity index (χ1v) is 5.60. The minimum atomic E-state index is -1.11. The van der Waals surface area contributed by atoms with Crippen molar-refractivity contribution < 1.29 is 14.5 Å². The second-order valence-electron chi connectivity index (χ2n) is 4.00. The average Bonchev–Trinajstić information content (AvgIpc) is 2.54. The number of hydrogen-bond donors (Lipinski definition) is 1. The molecule has 0 spiro atoms. The van der Waals surface area contributed by atoms with Crippen LogP contribution in [0.15, 0.2) is 18.2 Å². The lowest BCUT2D eigenvalue weighted by atomic mass is 9.91. The fourth-order valence-electron chi connectivity index (χ4n) is 2.06. The Morgan fingerprint density at radius 3 is 2.50 bits per heavy atom. The van der Waals surface area contributed by atoms with Gasteiger partial charge in [-0.05, 0) is 12.5 Å². The monoisotopic (exact) mass is 268 g/mol. The van der Waals surface area contributed by atoms with Crippen LogP contribution in [0.4, 0.5) is 5.69 Å². The molecule has 0 radical (unpaired) electrons. The minimum Gasteiger partial charge on any atom is -0.295 e. The number of nitrogens with one attached hydrogen (secondary N) is 1. The van der Waals surface area contributed by atoms with Crippen LogP contribution in [0.3, 0.4) is 0 Å². The summed E-state index contributed by atoms with van der Waals surface area (Å²) in [6, 6.07) is 4.46. The Morgan fingerprint density at radius 1 is 1.33 bits per heavy atom. The first kappa shape index (κ1) is 12.5. The third kappa shape index (κ3) is 1.84. The Kier molecular flexibility index (Phi) is 3.04. The Bertz CT molecular complexity index is 558. The number of nitro benzene ring substituents is 1. The largest absolute Gasteiger partial charge is 0.295 e. The summed E-state index contributed by atoms with van der Waals surface area (Å²) in [5, 5.41) is 11.9. The maximum atomic E-state index is 11.7. The van der Waals surface area contributed by atoms with E-state index >= 15 is 0 Å². The van der Waals surface area contributed by atoms with Gasteiger partial charge in [0.2, 0.25) is 11.8 Å². The maximum absolute atomic E-state index is 11.7. The van der Waals surface area contributed by atoms with Crippen LogP contribution < -0.4 is 5.32 Å². The highest BCUT2D eigenvalue weighted by Crippen LogP contribution is 2.36. The summed E-state index contributed by atoms with van der Waals surface area (Å²) in [7, 11) is 0. The van der Waals surface area contributed by atoms with Gasteiger partial charge in [-0.1, -0.05) is 12.1 Å². The van der Waals surface area contributed by atoms with Gasteiger partial charge in [-0.2, -0.15) is 0 Å². The number of carbonyl (C=O) groups excluding carboxylic acids is 2. The highest BCUT2D eigenvalue weighted by Gasteiger charge is 2.44. The molecule has 2 atom stereocenters. The zero-order valence-corrected chi connectivity index (χ0v) is 10.1. The molecular formula is C11H9ClN2O4. The molecule has 1 heterocycles. The van der Waals surface area contributed by atoms with E-state index in [9.17, 15) is 19.7 Å². The molecule has 7 heteroatoms. The van der Waals surface area contributed by atoms with E-state index in [2.05, 4.69) is 5.32 Å². The summed E-state index contributed by atoms with van der Waals surface area (Å²) in [5.41, 5.74) is 0.561. The fraction of sp³-hybridized carbons (Fsp3) is 0.273. The van der Waals surface area contributed by atoms with Gasteiger partial charge >= 0.3 is 0 Å². The summed E-state index contributed by atoms with van der Waals surface area (Å²) in [5.74, 6) is -2.23. The predicted molar refractivity (Wildman–Crippen MR) is 63.4 cm³/mol. The second kappa shape index (κ2) is 4.38. The predicted octanol–water partition coefficient (Wildman–Crippen LogP) is 1.25. The van der Waals surface area contributed by atoms with Crippen molar-refractivity contribution in [3.63, 3.8) is 0 Å². The second-order valence-corrected chi connectivity index (χ2v) is 4.47. The number of nitro groups is 1. The first-order chi connectivity index (χ1) is 8.43. The zero-order valence-electron chi connectivity index (χ0n) is 9.34. The topological polar surface area (TPSA) is 89.3 Å². The summed E-state index contributed by atoms with van der Waals surface area (Å²) >= 11 is 5.85. The molecule has 94 valence electrons. The third-order valence-electron chi connectivity index (χ3n) is 2.88. The van der Waals surface area contributed by atoms with Gasteiger partial charge in [0.25, 0.3) is 5.69 Å². The van der Waals surface area contributed by atoms with Crippen LogP contribution in [0.25, 0.3) is 0 Å². The number of benzene rings is 1. The van der Waals surface area contributed by atoms with E-state index in [0.29, 0.717) is 5.56 Å². The molecule has 1 saturated heterocycles. The summed E-state index contributed by atoms with van der Waals surface area (Å²) in [6.07, 6.45) is 0. The van der Waals surface area contributed by atoms with E-state index in [4.69, 9.17) is 11.6 Å². The molecule has 0 bridgehead atoms. The highest BCUT2D eigenvalue weighted by molar-refractivity contribution is 6.37. The highest BCUT2D eigenvalue weighted by atomic mass is 35.5. The number of alkyl halides is 1. The molecule has 1 N–H and O–H groups in total. The Hall–Kier alpha value is -1.95. The van der Waals surface area contributed by atoms with Crippen LogP contribution in [-0.4, -0.2) is 22.1 Å². The fourth-order valence-corrected chi connectivity index (χ4v) is 2.35. The van der Waals surface area contributed by atoms with Crippen molar-refractivity contribution >= 4 is 29.1 Å². The van der Waals surface area contributed by atoms with Gasteiger partial charge in [0.1, 0.15) is 5.38 Å². The average molecular weight is 269 g/mol. The van der Waals surface area contributed by atoms with Crippen molar-refractivity contribution in [3.8, 4) is 0 Å². The van der Waals surface area contributed by atoms with Gasteiger partial charge in [0.15, 0.2) is 0 Å². The first-order valence-electron chi connectivity index (χ1n) is 5.16. The van der Waals surface area contributed by atoms with E-state index in [1.165, 1.54) is 12.1 Å². The number of nitrogens with zero attached hydrogens (tertiary/aromatic N) is 1. The molecule has 2 amide bonds. The third-order valence-corrected chi connectivity index (χ3v) is 3.33. The number of imide groups is 1. The van der Waals surface area contributed by atoms with Gasteiger partial charge in [-0.15, -0.1) is 11.6 Å². The van der Waals surface area contributed by atoms with Gasteiger partial charge < -0.3 is 0 Å². The van der Waals surface area contributed by atoms with Crippen LogP contribution in [0, 0.1) is 17.0 Å². The number of rotatable bonds is 2. The molecule has 1 aliphatic rings. The van der Waals surface area contributed by atoms with Crippen molar-refractivity contribution in [3.05, 3.63) is 39.4 Å². The van der Waals surface area contributed by atoms with E-state index in [1.807, 2.05) is 0 Å². The molecule has 1 fully saturated rings. The van der Waals surface area contributed by atoms with Gasteiger partial charge in [0.05, 0.1) is 10.8 Å². The number of hydrogen-bond acceptors (Lipinski definition) is 4. The Morgan fingerprint density at radius 2 is 2.00 bits per heavy atom.